The number of carbonyl (C=O) groups is 1. The van der Waals surface area contributed by atoms with Gasteiger partial charge in [0.15, 0.2) is 11.5 Å². The molecule has 0 radical (unpaired) electrons. The summed E-state index contributed by atoms with van der Waals surface area (Å²) in [6.45, 7) is 0. The van der Waals surface area contributed by atoms with Crippen LogP contribution in [0, 0.1) is 5.92 Å². The quantitative estimate of drug-likeness (QED) is 0.664. The Morgan fingerprint density at radius 1 is 1.45 bits per heavy atom. The molecule has 0 spiro atoms. The standard InChI is InChI=1S/C13H15N5O2/c1-20-10(19)5-8-2-3-9(4-8)18-7-17-11-12(14)15-6-16-13(11)18/h2-3,6-9H,4-5H2,1H3,(H2,14,15,16)/t8-,9-/m0/s1. The average Bonchev–Trinajstić information content (AvgIpc) is 3.05. The zero-order valence-corrected chi connectivity index (χ0v) is 11.1. The van der Waals surface area contributed by atoms with Crippen LogP contribution in [0.2, 0.25) is 0 Å². The van der Waals surface area contributed by atoms with E-state index in [2.05, 4.69) is 21.0 Å². The number of hydrogen-bond donors (Lipinski definition) is 1. The van der Waals surface area contributed by atoms with E-state index in [1.165, 1.54) is 13.4 Å². The van der Waals surface area contributed by atoms with Gasteiger partial charge in [-0.15, -0.1) is 0 Å². The summed E-state index contributed by atoms with van der Waals surface area (Å²) in [7, 11) is 1.40. The van der Waals surface area contributed by atoms with Crippen LogP contribution in [0.25, 0.3) is 11.2 Å². The number of aromatic nitrogens is 4. The summed E-state index contributed by atoms with van der Waals surface area (Å²) in [4.78, 5) is 23.7. The molecule has 0 saturated carbocycles. The summed E-state index contributed by atoms with van der Waals surface area (Å²) in [5.74, 6) is 0.369. The van der Waals surface area contributed by atoms with Gasteiger partial charge in [-0.1, -0.05) is 12.2 Å². The Hall–Kier alpha value is -2.44. The first-order valence-electron chi connectivity index (χ1n) is 6.37. The monoisotopic (exact) mass is 273 g/mol. The number of nitrogen functional groups attached to an aromatic ring is 1. The molecule has 1 aliphatic carbocycles. The zero-order chi connectivity index (χ0) is 14.1. The van der Waals surface area contributed by atoms with Crippen molar-refractivity contribution in [1.82, 2.24) is 19.5 Å². The number of fused-ring (bicyclic) bond motifs is 1. The fourth-order valence-electron chi connectivity index (χ4n) is 2.52. The molecule has 2 aromatic heterocycles. The zero-order valence-electron chi connectivity index (χ0n) is 11.1. The first kappa shape index (κ1) is 12.6. The summed E-state index contributed by atoms with van der Waals surface area (Å²) in [6, 6.07) is 0.129. The van der Waals surface area contributed by atoms with E-state index in [-0.39, 0.29) is 17.9 Å². The highest BCUT2D eigenvalue weighted by molar-refractivity contribution is 5.81. The fourth-order valence-corrected chi connectivity index (χ4v) is 2.52. The van der Waals surface area contributed by atoms with Gasteiger partial charge >= 0.3 is 5.97 Å². The number of anilines is 1. The van der Waals surface area contributed by atoms with Gasteiger partial charge < -0.3 is 15.0 Å². The van der Waals surface area contributed by atoms with Crippen molar-refractivity contribution < 1.29 is 9.53 Å². The maximum atomic E-state index is 11.3. The van der Waals surface area contributed by atoms with E-state index in [0.717, 1.165) is 6.42 Å². The van der Waals surface area contributed by atoms with Crippen LogP contribution < -0.4 is 5.73 Å². The molecule has 0 saturated heterocycles. The molecule has 1 aliphatic rings. The van der Waals surface area contributed by atoms with Crippen LogP contribution in [-0.4, -0.2) is 32.6 Å². The molecule has 7 heteroatoms. The highest BCUT2D eigenvalue weighted by Crippen LogP contribution is 2.32. The molecular formula is C13H15N5O2. The number of esters is 1. The number of nitrogens with zero attached hydrogens (tertiary/aromatic N) is 4. The van der Waals surface area contributed by atoms with Gasteiger partial charge in [0.1, 0.15) is 11.8 Å². The number of allylic oxidation sites excluding steroid dienone is 2. The van der Waals surface area contributed by atoms with E-state index in [4.69, 9.17) is 10.5 Å². The van der Waals surface area contributed by atoms with Gasteiger partial charge in [0, 0.05) is 0 Å². The molecule has 2 aromatic rings. The molecule has 0 aliphatic heterocycles. The molecule has 2 N–H and O–H groups in total. The molecular weight excluding hydrogens is 258 g/mol. The molecule has 2 heterocycles. The van der Waals surface area contributed by atoms with Gasteiger partial charge in [-0.25, -0.2) is 15.0 Å². The molecule has 7 nitrogen and oxygen atoms in total. The summed E-state index contributed by atoms with van der Waals surface area (Å²) in [5, 5.41) is 0. The largest absolute Gasteiger partial charge is 0.469 e. The van der Waals surface area contributed by atoms with Crippen molar-refractivity contribution in [3.63, 3.8) is 0 Å². The number of imidazole rings is 1. The van der Waals surface area contributed by atoms with E-state index in [1.807, 2.05) is 10.6 Å². The third kappa shape index (κ3) is 2.11. The average molecular weight is 273 g/mol. The predicted molar refractivity (Wildman–Crippen MR) is 72.7 cm³/mol. The third-order valence-corrected chi connectivity index (χ3v) is 3.55. The van der Waals surface area contributed by atoms with E-state index in [9.17, 15) is 4.79 Å². The van der Waals surface area contributed by atoms with E-state index in [1.54, 1.807) is 6.33 Å². The molecule has 0 unspecified atom stereocenters. The molecule has 20 heavy (non-hydrogen) atoms. The highest BCUT2D eigenvalue weighted by atomic mass is 16.5. The highest BCUT2D eigenvalue weighted by Gasteiger charge is 2.24. The fraction of sp³-hybridized carbons (Fsp3) is 0.385. The molecule has 0 aromatic carbocycles. The SMILES string of the molecule is COC(=O)C[C@H]1C=C[C@H](n2cnc3c(N)ncnc32)C1. The van der Waals surface area contributed by atoms with Gasteiger partial charge in [0.05, 0.1) is 25.9 Å². The lowest BCUT2D eigenvalue weighted by molar-refractivity contribution is -0.141. The van der Waals surface area contributed by atoms with Crippen LogP contribution in [0.4, 0.5) is 5.82 Å². The van der Waals surface area contributed by atoms with Crippen molar-refractivity contribution in [2.24, 2.45) is 5.92 Å². The molecule has 104 valence electrons. The lowest BCUT2D eigenvalue weighted by atomic mass is 10.0. The van der Waals surface area contributed by atoms with Crippen molar-refractivity contribution in [3.05, 3.63) is 24.8 Å². The summed E-state index contributed by atoms with van der Waals surface area (Å²) in [5.41, 5.74) is 7.10. The normalized spacial score (nSPS) is 21.4. The first-order valence-corrected chi connectivity index (χ1v) is 6.37. The number of carbonyl (C=O) groups excluding carboxylic acids is 1. The maximum absolute atomic E-state index is 11.3. The minimum Gasteiger partial charge on any atom is -0.469 e. The van der Waals surface area contributed by atoms with Crippen LogP contribution in [0.1, 0.15) is 18.9 Å². The summed E-state index contributed by atoms with van der Waals surface area (Å²) in [6.07, 6.45) is 8.47. The first-order chi connectivity index (χ1) is 9.69. The van der Waals surface area contributed by atoms with Crippen LogP contribution in [0.15, 0.2) is 24.8 Å². The van der Waals surface area contributed by atoms with Crippen molar-refractivity contribution in [2.75, 3.05) is 12.8 Å². The van der Waals surface area contributed by atoms with Gasteiger partial charge in [0.25, 0.3) is 0 Å². The molecule has 2 atom stereocenters. The maximum Gasteiger partial charge on any atom is 0.306 e. The second kappa shape index (κ2) is 4.92. The third-order valence-electron chi connectivity index (χ3n) is 3.55. The Bertz CT molecular complexity index is 678. The summed E-state index contributed by atoms with van der Waals surface area (Å²) >= 11 is 0. The van der Waals surface area contributed by atoms with E-state index >= 15 is 0 Å². The van der Waals surface area contributed by atoms with Crippen LogP contribution >= 0.6 is 0 Å². The topological polar surface area (TPSA) is 95.9 Å². The van der Waals surface area contributed by atoms with Gasteiger partial charge in [-0.3, -0.25) is 4.79 Å². The van der Waals surface area contributed by atoms with Gasteiger partial charge in [-0.05, 0) is 12.3 Å². The van der Waals surface area contributed by atoms with Crippen LogP contribution in [-0.2, 0) is 9.53 Å². The van der Waals surface area contributed by atoms with E-state index < -0.39 is 0 Å². The van der Waals surface area contributed by atoms with Crippen molar-refractivity contribution >= 4 is 23.0 Å². The van der Waals surface area contributed by atoms with Crippen molar-refractivity contribution in [1.29, 1.82) is 0 Å². The second-order valence-corrected chi connectivity index (χ2v) is 4.81. The Morgan fingerprint density at radius 2 is 2.30 bits per heavy atom. The number of hydrogen-bond acceptors (Lipinski definition) is 6. The van der Waals surface area contributed by atoms with Crippen LogP contribution in [0.5, 0.6) is 0 Å². The van der Waals surface area contributed by atoms with Crippen molar-refractivity contribution in [2.45, 2.75) is 18.9 Å². The van der Waals surface area contributed by atoms with Crippen molar-refractivity contribution in [3.8, 4) is 0 Å². The Morgan fingerprint density at radius 3 is 3.10 bits per heavy atom. The summed E-state index contributed by atoms with van der Waals surface area (Å²) < 4.78 is 6.65. The predicted octanol–water partition coefficient (Wildman–Crippen LogP) is 1.09. The second-order valence-electron chi connectivity index (χ2n) is 4.81. The van der Waals surface area contributed by atoms with Gasteiger partial charge in [0.2, 0.25) is 0 Å². The molecule has 0 amide bonds. The Labute approximate surface area is 115 Å². The molecule has 0 bridgehead atoms. The number of rotatable bonds is 3. The lowest BCUT2D eigenvalue weighted by Gasteiger charge is -2.13. The van der Waals surface area contributed by atoms with Gasteiger partial charge in [-0.2, -0.15) is 0 Å². The number of methoxy groups -OCH3 is 1. The smallest absolute Gasteiger partial charge is 0.306 e. The number of nitrogens with two attached hydrogens (primary N) is 1. The Kier molecular flexibility index (Phi) is 3.09. The minimum absolute atomic E-state index is 0.129. The molecule has 0 fully saturated rings. The minimum atomic E-state index is -0.192. The van der Waals surface area contributed by atoms with E-state index in [0.29, 0.717) is 23.4 Å². The van der Waals surface area contributed by atoms with Crippen LogP contribution in [0.3, 0.4) is 0 Å². The Balaban J connectivity index is 1.82. The lowest BCUT2D eigenvalue weighted by Crippen LogP contribution is -2.10. The number of ether oxygens (including phenoxy) is 1. The molecule has 3 rings (SSSR count).